The topological polar surface area (TPSA) is 72.8 Å². The maximum atomic E-state index is 12.0. The molecule has 0 aliphatic carbocycles. The fourth-order valence-corrected chi connectivity index (χ4v) is 6.03. The summed E-state index contributed by atoms with van der Waals surface area (Å²) in [6, 6.07) is 0. The Morgan fingerprint density at radius 2 is 0.578 bits per heavy atom. The molecule has 0 bridgehead atoms. The Labute approximate surface area is 280 Å². The minimum atomic E-state index is -0.954. The SMILES string of the molecule is CCCCCCCCCCCCCCCCCCCCCC(=O)OC[C@@H](O)COC(=O)CCCCCCCCCCCCCC. The standard InChI is InChI=1S/C40H78O5/c1-3-5-7-9-11-13-15-17-18-19-20-21-22-23-25-27-29-31-33-35-40(43)45-37-38(41)36-44-39(42)34-32-30-28-26-24-16-14-12-10-8-6-4-2/h38,41H,3-37H2,1-2H3/t38-/m0/s1. The Balaban J connectivity index is 3.35. The van der Waals surface area contributed by atoms with E-state index in [1.54, 1.807) is 0 Å². The van der Waals surface area contributed by atoms with Gasteiger partial charge in [-0.25, -0.2) is 0 Å². The van der Waals surface area contributed by atoms with Crippen molar-refractivity contribution < 1.29 is 24.2 Å². The van der Waals surface area contributed by atoms with Crippen LogP contribution in [0, 0.1) is 0 Å². The summed E-state index contributed by atoms with van der Waals surface area (Å²) in [7, 11) is 0. The van der Waals surface area contributed by atoms with E-state index < -0.39 is 6.10 Å². The molecule has 0 saturated carbocycles. The molecule has 0 aliphatic heterocycles. The fraction of sp³-hybridized carbons (Fsp3) is 0.950. The number of ether oxygens (including phenoxy) is 2. The Hall–Kier alpha value is -1.10. The van der Waals surface area contributed by atoms with Gasteiger partial charge in [-0.15, -0.1) is 0 Å². The summed E-state index contributed by atoms with van der Waals surface area (Å²) in [4.78, 5) is 23.9. The van der Waals surface area contributed by atoms with Crippen molar-refractivity contribution in [2.45, 2.75) is 232 Å². The quantitative estimate of drug-likeness (QED) is 0.0541. The van der Waals surface area contributed by atoms with Gasteiger partial charge in [-0.1, -0.05) is 200 Å². The molecule has 0 aromatic rings. The zero-order valence-corrected chi connectivity index (χ0v) is 30.4. The molecule has 0 unspecified atom stereocenters. The van der Waals surface area contributed by atoms with Crippen LogP contribution in [0.1, 0.15) is 226 Å². The summed E-state index contributed by atoms with van der Waals surface area (Å²) in [6.07, 6.45) is 40.2. The van der Waals surface area contributed by atoms with Crippen LogP contribution in [0.3, 0.4) is 0 Å². The lowest BCUT2D eigenvalue weighted by Crippen LogP contribution is -2.25. The highest BCUT2D eigenvalue weighted by Gasteiger charge is 2.12. The number of hydrogen-bond donors (Lipinski definition) is 1. The number of rotatable bonds is 37. The second kappa shape index (κ2) is 37.4. The number of esters is 2. The molecule has 0 heterocycles. The Kier molecular flexibility index (Phi) is 36.4. The number of carbonyl (C=O) groups is 2. The molecule has 1 N–H and O–H groups in total. The van der Waals surface area contributed by atoms with Crippen molar-refractivity contribution in [1.29, 1.82) is 0 Å². The van der Waals surface area contributed by atoms with Gasteiger partial charge in [-0.3, -0.25) is 9.59 Å². The van der Waals surface area contributed by atoms with Crippen LogP contribution in [0.25, 0.3) is 0 Å². The number of aliphatic hydroxyl groups is 1. The normalized spacial score (nSPS) is 12.0. The molecule has 0 amide bonds. The van der Waals surface area contributed by atoms with Crippen molar-refractivity contribution in [3.63, 3.8) is 0 Å². The number of aliphatic hydroxyl groups excluding tert-OH is 1. The van der Waals surface area contributed by atoms with Crippen molar-refractivity contribution in [2.24, 2.45) is 0 Å². The average Bonchev–Trinajstić information content (AvgIpc) is 3.04. The monoisotopic (exact) mass is 639 g/mol. The molecular weight excluding hydrogens is 560 g/mol. The number of unbranched alkanes of at least 4 members (excludes halogenated alkanes) is 29. The molecule has 0 radical (unpaired) electrons. The molecule has 1 atom stereocenters. The van der Waals surface area contributed by atoms with E-state index >= 15 is 0 Å². The van der Waals surface area contributed by atoms with Gasteiger partial charge in [-0.05, 0) is 12.8 Å². The summed E-state index contributed by atoms with van der Waals surface area (Å²) in [5, 5.41) is 10.00. The highest BCUT2D eigenvalue weighted by molar-refractivity contribution is 5.69. The van der Waals surface area contributed by atoms with E-state index in [0.717, 1.165) is 25.7 Å². The van der Waals surface area contributed by atoms with Crippen molar-refractivity contribution in [1.82, 2.24) is 0 Å². The smallest absolute Gasteiger partial charge is 0.305 e. The number of carbonyl (C=O) groups excluding carboxylic acids is 2. The molecule has 268 valence electrons. The van der Waals surface area contributed by atoms with Crippen molar-refractivity contribution in [3.05, 3.63) is 0 Å². The van der Waals surface area contributed by atoms with E-state index in [4.69, 9.17) is 9.47 Å². The van der Waals surface area contributed by atoms with E-state index in [1.165, 1.54) is 173 Å². The Morgan fingerprint density at radius 3 is 0.800 bits per heavy atom. The molecular formula is C40H78O5. The first-order chi connectivity index (χ1) is 22.1. The Morgan fingerprint density at radius 1 is 0.378 bits per heavy atom. The third-order valence-corrected chi connectivity index (χ3v) is 9.09. The van der Waals surface area contributed by atoms with Gasteiger partial charge >= 0.3 is 11.9 Å². The summed E-state index contributed by atoms with van der Waals surface area (Å²) in [5.74, 6) is -0.551. The average molecular weight is 639 g/mol. The van der Waals surface area contributed by atoms with Crippen LogP contribution in [0.2, 0.25) is 0 Å². The van der Waals surface area contributed by atoms with Crippen molar-refractivity contribution >= 4 is 11.9 Å². The first-order valence-electron chi connectivity index (χ1n) is 20.1. The second-order valence-corrected chi connectivity index (χ2v) is 13.8. The van der Waals surface area contributed by atoms with E-state index in [0.29, 0.717) is 12.8 Å². The zero-order chi connectivity index (χ0) is 32.9. The summed E-state index contributed by atoms with van der Waals surface area (Å²) >= 11 is 0. The lowest BCUT2D eigenvalue weighted by Gasteiger charge is -2.12. The van der Waals surface area contributed by atoms with Gasteiger partial charge in [-0.2, -0.15) is 0 Å². The van der Waals surface area contributed by atoms with E-state index in [9.17, 15) is 14.7 Å². The van der Waals surface area contributed by atoms with Crippen LogP contribution in [-0.2, 0) is 19.1 Å². The second-order valence-electron chi connectivity index (χ2n) is 13.8. The zero-order valence-electron chi connectivity index (χ0n) is 30.4. The minimum absolute atomic E-state index is 0.107. The predicted molar refractivity (Wildman–Crippen MR) is 192 cm³/mol. The van der Waals surface area contributed by atoms with Crippen LogP contribution >= 0.6 is 0 Å². The summed E-state index contributed by atoms with van der Waals surface area (Å²) in [6.45, 7) is 4.32. The lowest BCUT2D eigenvalue weighted by molar-refractivity contribution is -0.152. The van der Waals surface area contributed by atoms with Gasteiger partial charge in [0.05, 0.1) is 0 Å². The molecule has 5 heteroatoms. The third kappa shape index (κ3) is 37.2. The van der Waals surface area contributed by atoms with E-state index in [1.807, 2.05) is 0 Å². The van der Waals surface area contributed by atoms with Gasteiger partial charge in [0.1, 0.15) is 19.3 Å². The highest BCUT2D eigenvalue weighted by Crippen LogP contribution is 2.16. The van der Waals surface area contributed by atoms with E-state index in [2.05, 4.69) is 13.8 Å². The number of hydrogen-bond acceptors (Lipinski definition) is 5. The largest absolute Gasteiger partial charge is 0.463 e. The molecule has 0 saturated heterocycles. The predicted octanol–water partition coefficient (Wildman–Crippen LogP) is 12.3. The first-order valence-corrected chi connectivity index (χ1v) is 20.1. The van der Waals surface area contributed by atoms with Crippen LogP contribution < -0.4 is 0 Å². The van der Waals surface area contributed by atoms with E-state index in [-0.39, 0.29) is 25.2 Å². The molecule has 0 fully saturated rings. The van der Waals surface area contributed by atoms with Gasteiger partial charge in [0.25, 0.3) is 0 Å². The molecule has 45 heavy (non-hydrogen) atoms. The van der Waals surface area contributed by atoms with Gasteiger partial charge in [0.15, 0.2) is 0 Å². The summed E-state index contributed by atoms with van der Waals surface area (Å²) < 4.78 is 10.3. The maximum Gasteiger partial charge on any atom is 0.305 e. The lowest BCUT2D eigenvalue weighted by atomic mass is 10.0. The van der Waals surface area contributed by atoms with Crippen LogP contribution in [-0.4, -0.2) is 36.4 Å². The Bertz CT molecular complexity index is 607. The van der Waals surface area contributed by atoms with Crippen LogP contribution in [0.15, 0.2) is 0 Å². The highest BCUT2D eigenvalue weighted by atomic mass is 16.6. The molecule has 0 aromatic carbocycles. The van der Waals surface area contributed by atoms with Crippen LogP contribution in [0.5, 0.6) is 0 Å². The van der Waals surface area contributed by atoms with Gasteiger partial charge in [0, 0.05) is 12.8 Å². The summed E-state index contributed by atoms with van der Waals surface area (Å²) in [5.41, 5.74) is 0. The van der Waals surface area contributed by atoms with Crippen LogP contribution in [0.4, 0.5) is 0 Å². The molecule has 0 spiro atoms. The van der Waals surface area contributed by atoms with Gasteiger partial charge in [0.2, 0.25) is 0 Å². The minimum Gasteiger partial charge on any atom is -0.463 e. The van der Waals surface area contributed by atoms with Crippen molar-refractivity contribution in [3.8, 4) is 0 Å². The maximum absolute atomic E-state index is 12.0. The first kappa shape index (κ1) is 43.9. The fourth-order valence-electron chi connectivity index (χ4n) is 6.03. The van der Waals surface area contributed by atoms with Gasteiger partial charge < -0.3 is 14.6 Å². The third-order valence-electron chi connectivity index (χ3n) is 9.09. The van der Waals surface area contributed by atoms with Crippen molar-refractivity contribution in [2.75, 3.05) is 13.2 Å². The molecule has 0 aromatic heterocycles. The molecule has 0 aliphatic rings. The molecule has 5 nitrogen and oxygen atoms in total. The molecule has 0 rings (SSSR count).